The normalized spacial score (nSPS) is 14.5. The summed E-state index contributed by atoms with van der Waals surface area (Å²) in [5.41, 5.74) is 3.96. The van der Waals surface area contributed by atoms with E-state index in [1.165, 1.54) is 18.4 Å². The fourth-order valence-electron chi connectivity index (χ4n) is 2.55. The van der Waals surface area contributed by atoms with Crippen molar-refractivity contribution in [2.24, 2.45) is 0 Å². The maximum atomic E-state index is 14.0. The molecule has 0 spiro atoms. The molecule has 0 atom stereocenters. The Hall–Kier alpha value is -1.74. The van der Waals surface area contributed by atoms with E-state index in [9.17, 15) is 8.78 Å². The number of nitrogens with one attached hydrogen (secondary N) is 1. The van der Waals surface area contributed by atoms with Crippen molar-refractivity contribution in [1.29, 1.82) is 0 Å². The molecule has 0 saturated heterocycles. The van der Waals surface area contributed by atoms with Crippen LogP contribution in [0.2, 0.25) is 0 Å². The molecule has 1 aliphatic carbocycles. The molecule has 0 amide bonds. The minimum atomic E-state index is -0.509. The zero-order valence-electron chi connectivity index (χ0n) is 12.3. The average molecular weight is 287 g/mol. The molecule has 2 aromatic carbocycles. The van der Waals surface area contributed by atoms with Crippen LogP contribution >= 0.6 is 0 Å². The van der Waals surface area contributed by atoms with Gasteiger partial charge in [0, 0.05) is 24.2 Å². The van der Waals surface area contributed by atoms with E-state index in [2.05, 4.69) is 11.4 Å². The lowest BCUT2D eigenvalue weighted by Gasteiger charge is -2.11. The third-order valence-electron chi connectivity index (χ3n) is 4.00. The Morgan fingerprint density at radius 1 is 0.952 bits per heavy atom. The summed E-state index contributed by atoms with van der Waals surface area (Å²) >= 11 is 0. The van der Waals surface area contributed by atoms with Crippen LogP contribution in [-0.2, 0) is 6.54 Å². The van der Waals surface area contributed by atoms with E-state index in [0.717, 1.165) is 23.7 Å². The van der Waals surface area contributed by atoms with Gasteiger partial charge in [-0.3, -0.25) is 0 Å². The molecule has 110 valence electrons. The molecule has 2 aromatic rings. The maximum Gasteiger partial charge on any atom is 0.133 e. The van der Waals surface area contributed by atoms with Gasteiger partial charge in [-0.05, 0) is 55.0 Å². The zero-order valence-corrected chi connectivity index (χ0v) is 12.3. The molecule has 0 unspecified atom stereocenters. The Balaban J connectivity index is 1.89. The maximum absolute atomic E-state index is 14.0. The molecule has 0 aliphatic heterocycles. The van der Waals surface area contributed by atoms with Crippen LogP contribution < -0.4 is 5.32 Å². The lowest BCUT2D eigenvalue weighted by molar-refractivity contribution is 0.579. The Morgan fingerprint density at radius 2 is 1.71 bits per heavy atom. The van der Waals surface area contributed by atoms with Crippen LogP contribution in [0, 0.1) is 25.5 Å². The topological polar surface area (TPSA) is 12.0 Å². The SMILES string of the molecule is Cc1cc(-c2ccc(CNC3CC3)cc2C)c(F)cc1F. The van der Waals surface area contributed by atoms with Gasteiger partial charge in [0.05, 0.1) is 0 Å². The molecule has 1 aliphatic rings. The predicted octanol–water partition coefficient (Wildman–Crippen LogP) is 4.50. The van der Waals surface area contributed by atoms with Gasteiger partial charge in [-0.25, -0.2) is 8.78 Å². The van der Waals surface area contributed by atoms with Crippen molar-refractivity contribution < 1.29 is 8.78 Å². The highest BCUT2D eigenvalue weighted by Crippen LogP contribution is 2.29. The predicted molar refractivity (Wildman–Crippen MR) is 81.1 cm³/mol. The standard InChI is InChI=1S/C18H19F2N/c1-11-7-13(10-21-14-4-5-14)3-6-15(11)16-8-12(2)17(19)9-18(16)20/h3,6-9,14,21H,4-5,10H2,1-2H3. The van der Waals surface area contributed by atoms with Gasteiger partial charge < -0.3 is 5.32 Å². The van der Waals surface area contributed by atoms with Crippen LogP contribution in [0.5, 0.6) is 0 Å². The number of hydrogen-bond acceptors (Lipinski definition) is 1. The summed E-state index contributed by atoms with van der Waals surface area (Å²) in [4.78, 5) is 0. The third-order valence-corrected chi connectivity index (χ3v) is 4.00. The summed E-state index contributed by atoms with van der Waals surface area (Å²) in [6.07, 6.45) is 2.52. The lowest BCUT2D eigenvalue weighted by atomic mass is 9.96. The second-order valence-corrected chi connectivity index (χ2v) is 5.89. The van der Waals surface area contributed by atoms with Crippen LogP contribution in [0.15, 0.2) is 30.3 Å². The highest BCUT2D eigenvalue weighted by atomic mass is 19.1. The Labute approximate surface area is 124 Å². The zero-order chi connectivity index (χ0) is 15.0. The lowest BCUT2D eigenvalue weighted by Crippen LogP contribution is -2.15. The van der Waals surface area contributed by atoms with Crippen molar-refractivity contribution >= 4 is 0 Å². The van der Waals surface area contributed by atoms with Gasteiger partial charge in [-0.15, -0.1) is 0 Å². The van der Waals surface area contributed by atoms with Gasteiger partial charge in [-0.2, -0.15) is 0 Å². The van der Waals surface area contributed by atoms with Crippen molar-refractivity contribution in [2.45, 2.75) is 39.3 Å². The molecule has 0 bridgehead atoms. The third kappa shape index (κ3) is 3.13. The molecule has 3 rings (SSSR count). The van der Waals surface area contributed by atoms with Gasteiger partial charge in [0.2, 0.25) is 0 Å². The fraction of sp³-hybridized carbons (Fsp3) is 0.333. The first-order valence-corrected chi connectivity index (χ1v) is 7.33. The number of aryl methyl sites for hydroxylation is 2. The van der Waals surface area contributed by atoms with Gasteiger partial charge in [0.15, 0.2) is 0 Å². The molecule has 1 fully saturated rings. The Bertz CT molecular complexity index is 675. The van der Waals surface area contributed by atoms with E-state index in [1.54, 1.807) is 13.0 Å². The highest BCUT2D eigenvalue weighted by Gasteiger charge is 2.20. The van der Waals surface area contributed by atoms with Gasteiger partial charge in [-0.1, -0.05) is 18.2 Å². The summed E-state index contributed by atoms with van der Waals surface area (Å²) in [5, 5.41) is 3.46. The van der Waals surface area contributed by atoms with Crippen LogP contribution in [-0.4, -0.2) is 6.04 Å². The first-order chi connectivity index (χ1) is 10.0. The molecule has 21 heavy (non-hydrogen) atoms. The van der Waals surface area contributed by atoms with Crippen LogP contribution in [0.4, 0.5) is 8.78 Å². The first kappa shape index (κ1) is 14.2. The fourth-order valence-corrected chi connectivity index (χ4v) is 2.55. The molecule has 0 heterocycles. The number of hydrogen-bond donors (Lipinski definition) is 1. The monoisotopic (exact) mass is 287 g/mol. The van der Waals surface area contributed by atoms with Crippen molar-refractivity contribution in [3.8, 4) is 11.1 Å². The highest BCUT2D eigenvalue weighted by molar-refractivity contribution is 5.69. The van der Waals surface area contributed by atoms with E-state index in [4.69, 9.17) is 0 Å². The van der Waals surface area contributed by atoms with Crippen LogP contribution in [0.25, 0.3) is 11.1 Å². The summed E-state index contributed by atoms with van der Waals surface area (Å²) in [6.45, 7) is 4.46. The molecule has 1 N–H and O–H groups in total. The molecular formula is C18H19F2N. The molecule has 3 heteroatoms. The number of rotatable bonds is 4. The largest absolute Gasteiger partial charge is 0.310 e. The second-order valence-electron chi connectivity index (χ2n) is 5.89. The molecular weight excluding hydrogens is 268 g/mol. The summed E-state index contributed by atoms with van der Waals surface area (Å²) in [7, 11) is 0. The molecule has 0 aromatic heterocycles. The smallest absolute Gasteiger partial charge is 0.133 e. The summed E-state index contributed by atoms with van der Waals surface area (Å²) in [5.74, 6) is -1.01. The number of benzene rings is 2. The van der Waals surface area contributed by atoms with E-state index < -0.39 is 11.6 Å². The Morgan fingerprint density at radius 3 is 2.38 bits per heavy atom. The minimum Gasteiger partial charge on any atom is -0.310 e. The molecule has 0 radical (unpaired) electrons. The summed E-state index contributed by atoms with van der Waals surface area (Å²) < 4.78 is 27.4. The quantitative estimate of drug-likeness (QED) is 0.873. The van der Waals surface area contributed by atoms with Crippen LogP contribution in [0.1, 0.15) is 29.5 Å². The van der Waals surface area contributed by atoms with Crippen molar-refractivity contribution in [3.05, 3.63) is 58.7 Å². The van der Waals surface area contributed by atoms with E-state index in [-0.39, 0.29) is 0 Å². The molecule has 1 saturated carbocycles. The van der Waals surface area contributed by atoms with Crippen molar-refractivity contribution in [1.82, 2.24) is 5.32 Å². The molecule has 1 nitrogen and oxygen atoms in total. The van der Waals surface area contributed by atoms with Gasteiger partial charge in [0.25, 0.3) is 0 Å². The van der Waals surface area contributed by atoms with E-state index in [0.29, 0.717) is 17.2 Å². The summed E-state index contributed by atoms with van der Waals surface area (Å²) in [6, 6.07) is 9.22. The Kier molecular flexibility index (Phi) is 3.77. The van der Waals surface area contributed by atoms with Gasteiger partial charge >= 0.3 is 0 Å². The van der Waals surface area contributed by atoms with E-state index in [1.807, 2.05) is 19.1 Å². The second kappa shape index (κ2) is 5.57. The first-order valence-electron chi connectivity index (χ1n) is 7.33. The van der Waals surface area contributed by atoms with E-state index >= 15 is 0 Å². The average Bonchev–Trinajstić information content (AvgIpc) is 3.25. The van der Waals surface area contributed by atoms with Crippen molar-refractivity contribution in [2.75, 3.05) is 0 Å². The van der Waals surface area contributed by atoms with Crippen LogP contribution in [0.3, 0.4) is 0 Å². The minimum absolute atomic E-state index is 0.463. The van der Waals surface area contributed by atoms with Crippen molar-refractivity contribution in [3.63, 3.8) is 0 Å². The number of halogens is 2. The van der Waals surface area contributed by atoms with Gasteiger partial charge in [0.1, 0.15) is 11.6 Å².